The van der Waals surface area contributed by atoms with Gasteiger partial charge in [0.25, 0.3) is 11.8 Å². The maximum absolute atomic E-state index is 13.2. The lowest BCUT2D eigenvalue weighted by atomic mass is 9.98. The Morgan fingerprint density at radius 3 is 2.70 bits per heavy atom. The number of amides is 1. The number of ether oxygens (including phenoxy) is 2. The van der Waals surface area contributed by atoms with Gasteiger partial charge >= 0.3 is 0 Å². The number of carbonyl (C=O) groups excluding carboxylic acids is 1. The minimum atomic E-state index is 0.00279. The molecular formula is C23H25N3O4. The molecule has 1 aliphatic heterocycles. The minimum Gasteiger partial charge on any atom is -0.493 e. The van der Waals surface area contributed by atoms with Crippen LogP contribution in [-0.4, -0.2) is 48.3 Å². The highest BCUT2D eigenvalue weighted by Crippen LogP contribution is 2.32. The van der Waals surface area contributed by atoms with E-state index in [1.165, 1.54) is 0 Å². The first-order chi connectivity index (χ1) is 14.6. The normalized spacial score (nSPS) is 16.4. The predicted molar refractivity (Wildman–Crippen MR) is 113 cm³/mol. The van der Waals surface area contributed by atoms with Crippen molar-refractivity contribution in [3.63, 3.8) is 0 Å². The maximum atomic E-state index is 13.2. The van der Waals surface area contributed by atoms with Gasteiger partial charge in [0, 0.05) is 18.7 Å². The van der Waals surface area contributed by atoms with Crippen molar-refractivity contribution in [1.82, 2.24) is 15.0 Å². The molecular weight excluding hydrogens is 382 g/mol. The van der Waals surface area contributed by atoms with Crippen LogP contribution in [0.25, 0.3) is 22.8 Å². The second kappa shape index (κ2) is 8.57. The third-order valence-corrected chi connectivity index (χ3v) is 5.40. The van der Waals surface area contributed by atoms with Gasteiger partial charge in [-0.05, 0) is 49.1 Å². The lowest BCUT2D eigenvalue weighted by molar-refractivity contribution is 0.0683. The molecule has 2 aromatic carbocycles. The maximum Gasteiger partial charge on any atom is 0.259 e. The summed E-state index contributed by atoms with van der Waals surface area (Å²) in [5.41, 5.74) is 1.95. The molecule has 7 heteroatoms. The molecule has 1 saturated heterocycles. The molecule has 0 saturated carbocycles. The zero-order chi connectivity index (χ0) is 21.1. The molecule has 1 unspecified atom stereocenters. The molecule has 4 rings (SSSR count). The highest BCUT2D eigenvalue weighted by atomic mass is 16.5. The fourth-order valence-corrected chi connectivity index (χ4v) is 3.83. The van der Waals surface area contributed by atoms with Crippen LogP contribution >= 0.6 is 0 Å². The number of piperidine rings is 1. The number of carbonyl (C=O) groups is 1. The van der Waals surface area contributed by atoms with E-state index in [1.54, 1.807) is 26.4 Å². The van der Waals surface area contributed by atoms with Gasteiger partial charge in [0.15, 0.2) is 11.5 Å². The molecule has 0 spiro atoms. The topological polar surface area (TPSA) is 77.7 Å². The van der Waals surface area contributed by atoms with Gasteiger partial charge in [-0.1, -0.05) is 24.2 Å². The van der Waals surface area contributed by atoms with Crippen LogP contribution in [0.3, 0.4) is 0 Å². The zero-order valence-corrected chi connectivity index (χ0v) is 17.4. The average Bonchev–Trinajstić information content (AvgIpc) is 3.28. The number of benzene rings is 2. The molecule has 156 valence electrons. The van der Waals surface area contributed by atoms with E-state index >= 15 is 0 Å². The van der Waals surface area contributed by atoms with Crippen LogP contribution < -0.4 is 9.47 Å². The van der Waals surface area contributed by atoms with Gasteiger partial charge in [-0.15, -0.1) is 0 Å². The Bertz CT molecular complexity index is 1050. The van der Waals surface area contributed by atoms with E-state index in [9.17, 15) is 4.79 Å². The van der Waals surface area contributed by atoms with Crippen LogP contribution in [0.15, 0.2) is 47.0 Å². The SMILES string of the molecule is COc1ccc(-c2noc(-c3ccccc3C(=O)N3CCCC(C)C3)n2)cc1OC. The quantitative estimate of drug-likeness (QED) is 0.628. The van der Waals surface area contributed by atoms with Crippen molar-refractivity contribution >= 4 is 5.91 Å². The first-order valence-corrected chi connectivity index (χ1v) is 10.1. The van der Waals surface area contributed by atoms with Crippen molar-refractivity contribution in [1.29, 1.82) is 0 Å². The summed E-state index contributed by atoms with van der Waals surface area (Å²) in [7, 11) is 3.16. The molecule has 0 N–H and O–H groups in total. The molecule has 0 bridgehead atoms. The summed E-state index contributed by atoms with van der Waals surface area (Å²) in [6.45, 7) is 3.73. The molecule has 1 aromatic heterocycles. The summed E-state index contributed by atoms with van der Waals surface area (Å²) >= 11 is 0. The van der Waals surface area contributed by atoms with Gasteiger partial charge in [-0.2, -0.15) is 4.98 Å². The van der Waals surface area contributed by atoms with Gasteiger partial charge in [-0.25, -0.2) is 0 Å². The number of methoxy groups -OCH3 is 2. The molecule has 0 radical (unpaired) electrons. The molecule has 1 fully saturated rings. The molecule has 1 amide bonds. The lowest BCUT2D eigenvalue weighted by Crippen LogP contribution is -2.39. The minimum absolute atomic E-state index is 0.00279. The molecule has 2 heterocycles. The van der Waals surface area contributed by atoms with Crippen LogP contribution in [0.2, 0.25) is 0 Å². The second-order valence-electron chi connectivity index (χ2n) is 7.54. The van der Waals surface area contributed by atoms with Crippen LogP contribution in [-0.2, 0) is 0 Å². The predicted octanol–water partition coefficient (Wildman–Crippen LogP) is 4.29. The number of rotatable bonds is 5. The van der Waals surface area contributed by atoms with Crippen LogP contribution in [0.1, 0.15) is 30.1 Å². The standard InChI is InChI=1S/C23H25N3O4/c1-15-7-6-12-26(14-15)23(27)18-9-5-4-8-17(18)22-24-21(25-30-22)16-10-11-19(28-2)20(13-16)29-3/h4-5,8-11,13,15H,6-7,12,14H2,1-3H3. The Morgan fingerprint density at radius 1 is 1.13 bits per heavy atom. The van der Waals surface area contributed by atoms with E-state index in [2.05, 4.69) is 17.1 Å². The molecule has 0 aliphatic carbocycles. The highest BCUT2D eigenvalue weighted by Gasteiger charge is 2.25. The molecule has 1 atom stereocenters. The third-order valence-electron chi connectivity index (χ3n) is 5.40. The van der Waals surface area contributed by atoms with E-state index in [1.807, 2.05) is 35.2 Å². The number of hydrogen-bond donors (Lipinski definition) is 0. The van der Waals surface area contributed by atoms with Gasteiger partial charge in [0.1, 0.15) is 0 Å². The third kappa shape index (κ3) is 3.87. The van der Waals surface area contributed by atoms with Crippen LogP contribution in [0.4, 0.5) is 0 Å². The number of likely N-dealkylation sites (tertiary alicyclic amines) is 1. The van der Waals surface area contributed by atoms with Crippen molar-refractivity contribution in [2.45, 2.75) is 19.8 Å². The Kier molecular flexibility index (Phi) is 5.70. The Balaban J connectivity index is 1.65. The van der Waals surface area contributed by atoms with Gasteiger partial charge in [0.05, 0.1) is 25.3 Å². The number of aromatic nitrogens is 2. The summed E-state index contributed by atoms with van der Waals surface area (Å²) in [6.07, 6.45) is 2.18. The van der Waals surface area contributed by atoms with E-state index < -0.39 is 0 Å². The Hall–Kier alpha value is -3.35. The van der Waals surface area contributed by atoms with E-state index in [0.29, 0.717) is 40.3 Å². The fourth-order valence-electron chi connectivity index (χ4n) is 3.83. The zero-order valence-electron chi connectivity index (χ0n) is 17.4. The van der Waals surface area contributed by atoms with Crippen molar-refractivity contribution in [3.05, 3.63) is 48.0 Å². The number of nitrogens with zero attached hydrogens (tertiary/aromatic N) is 3. The molecule has 30 heavy (non-hydrogen) atoms. The molecule has 3 aromatic rings. The Labute approximate surface area is 175 Å². The summed E-state index contributed by atoms with van der Waals surface area (Å²) in [4.78, 5) is 19.6. The monoisotopic (exact) mass is 407 g/mol. The largest absolute Gasteiger partial charge is 0.493 e. The summed E-state index contributed by atoms with van der Waals surface area (Å²) in [5, 5.41) is 4.11. The summed E-state index contributed by atoms with van der Waals surface area (Å²) in [6, 6.07) is 12.8. The second-order valence-corrected chi connectivity index (χ2v) is 7.54. The molecule has 1 aliphatic rings. The molecule has 7 nitrogen and oxygen atoms in total. The highest BCUT2D eigenvalue weighted by molar-refractivity contribution is 6.00. The van der Waals surface area contributed by atoms with E-state index in [4.69, 9.17) is 14.0 Å². The fraction of sp³-hybridized carbons (Fsp3) is 0.348. The average molecular weight is 407 g/mol. The lowest BCUT2D eigenvalue weighted by Gasteiger charge is -2.31. The van der Waals surface area contributed by atoms with E-state index in [-0.39, 0.29) is 5.91 Å². The van der Waals surface area contributed by atoms with Crippen LogP contribution in [0, 0.1) is 5.92 Å². The van der Waals surface area contributed by atoms with E-state index in [0.717, 1.165) is 31.5 Å². The van der Waals surface area contributed by atoms with Gasteiger partial charge in [0.2, 0.25) is 5.82 Å². The first-order valence-electron chi connectivity index (χ1n) is 10.1. The van der Waals surface area contributed by atoms with Crippen LogP contribution in [0.5, 0.6) is 11.5 Å². The summed E-state index contributed by atoms with van der Waals surface area (Å²) in [5.74, 6) is 2.44. The smallest absolute Gasteiger partial charge is 0.259 e. The van der Waals surface area contributed by atoms with Crippen molar-refractivity contribution < 1.29 is 18.8 Å². The van der Waals surface area contributed by atoms with Crippen molar-refractivity contribution in [2.24, 2.45) is 5.92 Å². The first kappa shape index (κ1) is 19.9. The van der Waals surface area contributed by atoms with Gasteiger partial charge < -0.3 is 18.9 Å². The van der Waals surface area contributed by atoms with Gasteiger partial charge in [-0.3, -0.25) is 4.79 Å². The number of hydrogen-bond acceptors (Lipinski definition) is 6. The Morgan fingerprint density at radius 2 is 1.93 bits per heavy atom. The van der Waals surface area contributed by atoms with Crippen molar-refractivity contribution in [2.75, 3.05) is 27.3 Å². The summed E-state index contributed by atoms with van der Waals surface area (Å²) < 4.78 is 16.2. The van der Waals surface area contributed by atoms with Crippen molar-refractivity contribution in [3.8, 4) is 34.3 Å².